The van der Waals surface area contributed by atoms with Crippen LogP contribution in [0, 0.1) is 13.8 Å². The van der Waals surface area contributed by atoms with Crippen molar-refractivity contribution in [1.82, 2.24) is 5.16 Å². The number of ether oxygens (including phenoxy) is 1. The molecule has 0 atom stereocenters. The highest BCUT2D eigenvalue weighted by molar-refractivity contribution is 6.33. The van der Waals surface area contributed by atoms with Crippen LogP contribution in [0.4, 0.5) is 5.69 Å². The van der Waals surface area contributed by atoms with E-state index in [9.17, 15) is 4.79 Å². The summed E-state index contributed by atoms with van der Waals surface area (Å²) in [5.41, 5.74) is 3.15. The first-order valence-corrected chi connectivity index (χ1v) is 9.76. The van der Waals surface area contributed by atoms with Gasteiger partial charge in [0.2, 0.25) is 0 Å². The molecule has 1 aromatic heterocycles. The van der Waals surface area contributed by atoms with Gasteiger partial charge in [-0.15, -0.1) is 0 Å². The largest absolute Gasteiger partial charge is 0.457 e. The van der Waals surface area contributed by atoms with Gasteiger partial charge in [0, 0.05) is 11.3 Å². The zero-order valence-corrected chi connectivity index (χ0v) is 17.2. The molecule has 4 aromatic rings. The van der Waals surface area contributed by atoms with E-state index in [2.05, 4.69) is 10.5 Å². The van der Waals surface area contributed by atoms with E-state index in [1.54, 1.807) is 43.3 Å². The number of hydrogen-bond acceptors (Lipinski definition) is 4. The molecule has 0 bridgehead atoms. The van der Waals surface area contributed by atoms with Gasteiger partial charge in [-0.05, 0) is 61.9 Å². The van der Waals surface area contributed by atoms with Crippen LogP contribution in [0.1, 0.15) is 21.7 Å². The number of amides is 1. The molecule has 0 aliphatic heterocycles. The van der Waals surface area contributed by atoms with Gasteiger partial charge in [0.15, 0.2) is 0 Å². The van der Waals surface area contributed by atoms with E-state index in [0.717, 1.165) is 11.3 Å². The van der Waals surface area contributed by atoms with Crippen molar-refractivity contribution in [3.8, 4) is 22.8 Å². The number of anilines is 1. The van der Waals surface area contributed by atoms with Crippen LogP contribution in [-0.4, -0.2) is 11.1 Å². The van der Waals surface area contributed by atoms with Crippen LogP contribution in [0.3, 0.4) is 0 Å². The molecule has 4 rings (SSSR count). The number of benzene rings is 3. The van der Waals surface area contributed by atoms with Crippen molar-refractivity contribution in [2.45, 2.75) is 13.8 Å². The molecule has 30 heavy (non-hydrogen) atoms. The number of carbonyl (C=O) groups excluding carboxylic acids is 1. The van der Waals surface area contributed by atoms with Gasteiger partial charge in [-0.2, -0.15) is 0 Å². The average molecular weight is 419 g/mol. The van der Waals surface area contributed by atoms with Crippen molar-refractivity contribution in [1.29, 1.82) is 0 Å². The van der Waals surface area contributed by atoms with Crippen LogP contribution in [0.15, 0.2) is 77.3 Å². The Bertz CT molecular complexity index is 1200. The number of rotatable bonds is 5. The molecule has 1 heterocycles. The number of carbonyl (C=O) groups is 1. The molecule has 1 amide bonds. The molecule has 0 saturated carbocycles. The monoisotopic (exact) mass is 418 g/mol. The third kappa shape index (κ3) is 4.21. The molecule has 1 N–H and O–H groups in total. The summed E-state index contributed by atoms with van der Waals surface area (Å²) in [7, 11) is 0. The third-order valence-electron chi connectivity index (χ3n) is 4.56. The lowest BCUT2D eigenvalue weighted by Gasteiger charge is -2.09. The first kappa shape index (κ1) is 19.7. The lowest BCUT2D eigenvalue weighted by molar-refractivity contribution is 0.102. The van der Waals surface area contributed by atoms with E-state index < -0.39 is 0 Å². The molecule has 0 unspecified atom stereocenters. The van der Waals surface area contributed by atoms with Crippen LogP contribution in [-0.2, 0) is 0 Å². The summed E-state index contributed by atoms with van der Waals surface area (Å²) in [5.74, 6) is 1.53. The number of hydrogen-bond donors (Lipinski definition) is 1. The Morgan fingerprint density at radius 3 is 2.47 bits per heavy atom. The average Bonchev–Trinajstić information content (AvgIpc) is 3.11. The Morgan fingerprint density at radius 1 is 0.967 bits per heavy atom. The van der Waals surface area contributed by atoms with E-state index in [1.165, 1.54) is 0 Å². The maximum Gasteiger partial charge on any atom is 0.261 e. The van der Waals surface area contributed by atoms with E-state index in [4.69, 9.17) is 20.9 Å². The van der Waals surface area contributed by atoms with Crippen molar-refractivity contribution < 1.29 is 14.1 Å². The summed E-state index contributed by atoms with van der Waals surface area (Å²) in [6, 6.07) is 22.2. The first-order valence-electron chi connectivity index (χ1n) is 9.38. The zero-order valence-electron chi connectivity index (χ0n) is 16.5. The summed E-state index contributed by atoms with van der Waals surface area (Å²) in [5, 5.41) is 7.41. The van der Waals surface area contributed by atoms with Gasteiger partial charge in [-0.1, -0.05) is 47.1 Å². The Balaban J connectivity index is 1.52. The molecule has 3 aromatic carbocycles. The lowest BCUT2D eigenvalue weighted by Crippen LogP contribution is -2.13. The molecule has 0 aliphatic rings. The molecular formula is C24H19ClN2O3. The highest BCUT2D eigenvalue weighted by Gasteiger charge is 2.23. The Morgan fingerprint density at radius 2 is 1.73 bits per heavy atom. The quantitative estimate of drug-likeness (QED) is 0.393. The van der Waals surface area contributed by atoms with Crippen LogP contribution in [0.5, 0.6) is 11.5 Å². The second kappa shape index (κ2) is 8.43. The molecule has 0 radical (unpaired) electrons. The summed E-state index contributed by atoms with van der Waals surface area (Å²) in [6.45, 7) is 3.70. The standard InChI is InChI=1S/C24H19ClN2O3/c1-15-6-5-7-19(14-15)29-18-12-10-17(11-13-18)26-24(28)22-16(2)30-27-23(22)20-8-3-4-9-21(20)25/h3-14H,1-2H3,(H,26,28). The van der Waals surface area contributed by atoms with Gasteiger partial charge in [0.1, 0.15) is 28.5 Å². The summed E-state index contributed by atoms with van der Waals surface area (Å²) in [6.07, 6.45) is 0. The minimum absolute atomic E-state index is 0.323. The topological polar surface area (TPSA) is 64.4 Å². The minimum atomic E-state index is -0.323. The van der Waals surface area contributed by atoms with Crippen LogP contribution in [0.25, 0.3) is 11.3 Å². The normalized spacial score (nSPS) is 10.6. The van der Waals surface area contributed by atoms with Crippen LogP contribution >= 0.6 is 11.6 Å². The van der Waals surface area contributed by atoms with E-state index >= 15 is 0 Å². The summed E-state index contributed by atoms with van der Waals surface area (Å²) < 4.78 is 11.1. The number of halogens is 1. The molecule has 0 saturated heterocycles. The molecule has 150 valence electrons. The van der Waals surface area contributed by atoms with Gasteiger partial charge in [-0.25, -0.2) is 0 Å². The van der Waals surface area contributed by atoms with Crippen molar-refractivity contribution in [3.05, 3.63) is 94.7 Å². The molecule has 0 fully saturated rings. The smallest absolute Gasteiger partial charge is 0.261 e. The van der Waals surface area contributed by atoms with Gasteiger partial charge in [-0.3, -0.25) is 4.79 Å². The molecule has 5 nitrogen and oxygen atoms in total. The predicted octanol–water partition coefficient (Wildman–Crippen LogP) is 6.66. The summed E-state index contributed by atoms with van der Waals surface area (Å²) in [4.78, 5) is 12.9. The first-order chi connectivity index (χ1) is 14.5. The Hall–Kier alpha value is -3.57. The van der Waals surface area contributed by atoms with Gasteiger partial charge < -0.3 is 14.6 Å². The number of nitrogens with one attached hydrogen (secondary N) is 1. The highest BCUT2D eigenvalue weighted by Crippen LogP contribution is 2.31. The Kier molecular flexibility index (Phi) is 5.55. The van der Waals surface area contributed by atoms with Crippen molar-refractivity contribution >= 4 is 23.2 Å². The number of aromatic nitrogens is 1. The zero-order chi connectivity index (χ0) is 21.1. The third-order valence-corrected chi connectivity index (χ3v) is 4.89. The van der Waals surface area contributed by atoms with Crippen molar-refractivity contribution in [3.63, 3.8) is 0 Å². The molecular weight excluding hydrogens is 400 g/mol. The van der Waals surface area contributed by atoms with Gasteiger partial charge >= 0.3 is 0 Å². The van der Waals surface area contributed by atoms with Crippen LogP contribution in [0.2, 0.25) is 5.02 Å². The number of aryl methyl sites for hydroxylation is 2. The lowest BCUT2D eigenvalue weighted by atomic mass is 10.1. The molecule has 0 aliphatic carbocycles. The highest BCUT2D eigenvalue weighted by atomic mass is 35.5. The maximum atomic E-state index is 12.9. The predicted molar refractivity (Wildman–Crippen MR) is 117 cm³/mol. The van der Waals surface area contributed by atoms with E-state index in [0.29, 0.717) is 39.0 Å². The van der Waals surface area contributed by atoms with Crippen molar-refractivity contribution in [2.75, 3.05) is 5.32 Å². The fourth-order valence-corrected chi connectivity index (χ4v) is 3.32. The fourth-order valence-electron chi connectivity index (χ4n) is 3.09. The molecule has 6 heteroatoms. The van der Waals surface area contributed by atoms with Crippen molar-refractivity contribution in [2.24, 2.45) is 0 Å². The second-order valence-corrected chi connectivity index (χ2v) is 7.25. The number of nitrogens with zero attached hydrogens (tertiary/aromatic N) is 1. The van der Waals surface area contributed by atoms with Crippen LogP contribution < -0.4 is 10.1 Å². The summed E-state index contributed by atoms with van der Waals surface area (Å²) >= 11 is 6.27. The van der Waals surface area contributed by atoms with Gasteiger partial charge in [0.05, 0.1) is 5.02 Å². The fraction of sp³-hybridized carbons (Fsp3) is 0.0833. The van der Waals surface area contributed by atoms with E-state index in [-0.39, 0.29) is 5.91 Å². The second-order valence-electron chi connectivity index (χ2n) is 6.84. The van der Waals surface area contributed by atoms with Gasteiger partial charge in [0.25, 0.3) is 5.91 Å². The minimum Gasteiger partial charge on any atom is -0.457 e. The molecule has 0 spiro atoms. The SMILES string of the molecule is Cc1cccc(Oc2ccc(NC(=O)c3c(-c4ccccc4Cl)noc3C)cc2)c1. The maximum absolute atomic E-state index is 12.9. The Labute approximate surface area is 179 Å². The van der Waals surface area contributed by atoms with E-state index in [1.807, 2.05) is 43.3 Å².